The van der Waals surface area contributed by atoms with Gasteiger partial charge in [0.1, 0.15) is 0 Å². The Bertz CT molecular complexity index is 551. The first-order valence-corrected chi connectivity index (χ1v) is 8.55. The zero-order valence-electron chi connectivity index (χ0n) is 14.3. The Balaban J connectivity index is 2.03. The van der Waals surface area contributed by atoms with Crippen LogP contribution < -0.4 is 11.1 Å². The fourth-order valence-corrected chi connectivity index (χ4v) is 3.65. The van der Waals surface area contributed by atoms with E-state index in [0.717, 1.165) is 24.1 Å². The van der Waals surface area contributed by atoms with Crippen molar-refractivity contribution in [1.29, 1.82) is 0 Å². The molecule has 4 heteroatoms. The van der Waals surface area contributed by atoms with Gasteiger partial charge in [0.2, 0.25) is 11.8 Å². The molecule has 1 saturated carbocycles. The maximum atomic E-state index is 12.7. The number of carbonyl (C=O) groups excluding carboxylic acids is 2. The van der Waals surface area contributed by atoms with Crippen LogP contribution in [0.25, 0.3) is 0 Å². The van der Waals surface area contributed by atoms with Gasteiger partial charge in [-0.05, 0) is 48.3 Å². The molecule has 1 unspecified atom stereocenters. The third-order valence-electron chi connectivity index (χ3n) is 4.96. The van der Waals surface area contributed by atoms with E-state index in [1.807, 2.05) is 24.3 Å². The molecule has 0 heterocycles. The van der Waals surface area contributed by atoms with Gasteiger partial charge in [0.15, 0.2) is 0 Å². The van der Waals surface area contributed by atoms with Gasteiger partial charge in [0.25, 0.3) is 0 Å². The molecule has 0 bridgehead atoms. The number of primary amides is 1. The largest absolute Gasteiger partial charge is 0.369 e. The van der Waals surface area contributed by atoms with E-state index in [9.17, 15) is 9.59 Å². The lowest BCUT2D eigenvalue weighted by molar-refractivity contribution is -0.124. The molecule has 3 N–H and O–H groups in total. The standard InChI is InChI=1S/C19H28N2O2/c1-12(2)16-9-4-13(3)10-17(16)19(23)21-15-7-5-14(6-8-15)11-18(20)22/h5-8,12-13,16-17H,4,9-11H2,1-3H3,(H2,20,22)(H,21,23)/t13-,16+,17?/m0/s1. The van der Waals surface area contributed by atoms with Crippen molar-refractivity contribution in [2.75, 3.05) is 5.32 Å². The van der Waals surface area contributed by atoms with E-state index in [0.29, 0.717) is 17.8 Å². The van der Waals surface area contributed by atoms with Crippen molar-refractivity contribution in [3.05, 3.63) is 29.8 Å². The average Bonchev–Trinajstić information content (AvgIpc) is 2.48. The van der Waals surface area contributed by atoms with E-state index in [2.05, 4.69) is 26.1 Å². The van der Waals surface area contributed by atoms with Gasteiger partial charge >= 0.3 is 0 Å². The van der Waals surface area contributed by atoms with Crippen molar-refractivity contribution < 1.29 is 9.59 Å². The molecule has 126 valence electrons. The SMILES string of the molecule is CC(C)[C@H]1CC[C@H](C)CC1C(=O)Nc1ccc(CC(N)=O)cc1. The quantitative estimate of drug-likeness (QED) is 0.874. The molecule has 0 spiro atoms. The first-order valence-electron chi connectivity index (χ1n) is 8.55. The lowest BCUT2D eigenvalue weighted by Crippen LogP contribution is -2.36. The Kier molecular flexibility index (Phi) is 5.80. The van der Waals surface area contributed by atoms with Crippen LogP contribution in [0.15, 0.2) is 24.3 Å². The number of benzene rings is 1. The summed E-state index contributed by atoms with van der Waals surface area (Å²) in [7, 11) is 0. The average molecular weight is 316 g/mol. The van der Waals surface area contributed by atoms with Gasteiger partial charge in [0.05, 0.1) is 6.42 Å². The molecule has 2 amide bonds. The first-order chi connectivity index (χ1) is 10.9. The molecule has 3 atom stereocenters. The lowest BCUT2D eigenvalue weighted by Gasteiger charge is -2.36. The molecule has 0 aliphatic heterocycles. The van der Waals surface area contributed by atoms with E-state index in [1.165, 1.54) is 6.42 Å². The Morgan fingerprint density at radius 1 is 1.22 bits per heavy atom. The van der Waals surface area contributed by atoms with E-state index < -0.39 is 0 Å². The topological polar surface area (TPSA) is 72.2 Å². The Hall–Kier alpha value is -1.84. The van der Waals surface area contributed by atoms with Crippen LogP contribution in [0.4, 0.5) is 5.69 Å². The molecule has 0 saturated heterocycles. The number of carbonyl (C=O) groups is 2. The number of nitrogens with one attached hydrogen (secondary N) is 1. The second-order valence-corrected chi connectivity index (χ2v) is 7.26. The van der Waals surface area contributed by atoms with Crippen LogP contribution in [0.1, 0.15) is 45.6 Å². The molecular formula is C19H28N2O2. The van der Waals surface area contributed by atoms with Crippen molar-refractivity contribution in [2.45, 2.75) is 46.5 Å². The number of anilines is 1. The Morgan fingerprint density at radius 2 is 1.87 bits per heavy atom. The van der Waals surface area contributed by atoms with Crippen LogP contribution in [0.5, 0.6) is 0 Å². The summed E-state index contributed by atoms with van der Waals surface area (Å²) >= 11 is 0. The molecule has 1 aromatic carbocycles. The van der Waals surface area contributed by atoms with E-state index in [-0.39, 0.29) is 24.2 Å². The smallest absolute Gasteiger partial charge is 0.227 e. The molecule has 4 nitrogen and oxygen atoms in total. The van der Waals surface area contributed by atoms with E-state index in [1.54, 1.807) is 0 Å². The summed E-state index contributed by atoms with van der Waals surface area (Å²) in [5.74, 6) is 1.45. The van der Waals surface area contributed by atoms with Crippen LogP contribution in [0.2, 0.25) is 0 Å². The summed E-state index contributed by atoms with van der Waals surface area (Å²) in [6, 6.07) is 7.35. The molecule has 2 rings (SSSR count). The molecule has 0 radical (unpaired) electrons. The van der Waals surface area contributed by atoms with Crippen molar-refractivity contribution in [3.8, 4) is 0 Å². The van der Waals surface area contributed by atoms with Crippen LogP contribution in [-0.4, -0.2) is 11.8 Å². The highest BCUT2D eigenvalue weighted by molar-refractivity contribution is 5.92. The molecule has 1 aliphatic rings. The maximum absolute atomic E-state index is 12.7. The monoisotopic (exact) mass is 316 g/mol. The number of hydrogen-bond donors (Lipinski definition) is 2. The van der Waals surface area contributed by atoms with Gasteiger partial charge in [-0.25, -0.2) is 0 Å². The summed E-state index contributed by atoms with van der Waals surface area (Å²) in [4.78, 5) is 23.6. The van der Waals surface area contributed by atoms with Gasteiger partial charge in [-0.3, -0.25) is 9.59 Å². The molecule has 1 fully saturated rings. The third-order valence-corrected chi connectivity index (χ3v) is 4.96. The van der Waals surface area contributed by atoms with Gasteiger partial charge < -0.3 is 11.1 Å². The fourth-order valence-electron chi connectivity index (χ4n) is 3.65. The van der Waals surface area contributed by atoms with Gasteiger partial charge in [-0.1, -0.05) is 39.3 Å². The predicted molar refractivity (Wildman–Crippen MR) is 92.8 cm³/mol. The summed E-state index contributed by atoms with van der Waals surface area (Å²) < 4.78 is 0. The van der Waals surface area contributed by atoms with Crippen molar-refractivity contribution in [3.63, 3.8) is 0 Å². The molecule has 1 aromatic rings. The van der Waals surface area contributed by atoms with E-state index >= 15 is 0 Å². The van der Waals surface area contributed by atoms with Crippen molar-refractivity contribution in [2.24, 2.45) is 29.4 Å². The molecule has 1 aliphatic carbocycles. The predicted octanol–water partition coefficient (Wildman–Crippen LogP) is 3.36. The van der Waals surface area contributed by atoms with Gasteiger partial charge in [-0.15, -0.1) is 0 Å². The highest BCUT2D eigenvalue weighted by Gasteiger charge is 2.35. The zero-order valence-corrected chi connectivity index (χ0v) is 14.3. The highest BCUT2D eigenvalue weighted by atomic mass is 16.2. The molecule has 0 aromatic heterocycles. The zero-order chi connectivity index (χ0) is 17.0. The number of amides is 2. The first kappa shape index (κ1) is 17.5. The number of nitrogens with two attached hydrogens (primary N) is 1. The summed E-state index contributed by atoms with van der Waals surface area (Å²) in [6.45, 7) is 6.65. The normalized spacial score (nSPS) is 24.4. The third kappa shape index (κ3) is 4.81. The molecular weight excluding hydrogens is 288 g/mol. The lowest BCUT2D eigenvalue weighted by atomic mass is 9.70. The number of rotatable bonds is 5. The molecule has 23 heavy (non-hydrogen) atoms. The van der Waals surface area contributed by atoms with Crippen LogP contribution in [0, 0.1) is 23.7 Å². The highest BCUT2D eigenvalue weighted by Crippen LogP contribution is 2.38. The second-order valence-electron chi connectivity index (χ2n) is 7.26. The minimum atomic E-state index is -0.349. The number of hydrogen-bond acceptors (Lipinski definition) is 2. The van der Waals surface area contributed by atoms with Crippen LogP contribution >= 0.6 is 0 Å². The van der Waals surface area contributed by atoms with Crippen LogP contribution in [0.3, 0.4) is 0 Å². The van der Waals surface area contributed by atoms with Crippen LogP contribution in [-0.2, 0) is 16.0 Å². The minimum Gasteiger partial charge on any atom is -0.369 e. The van der Waals surface area contributed by atoms with Gasteiger partial charge in [-0.2, -0.15) is 0 Å². The Morgan fingerprint density at radius 3 is 2.43 bits per heavy atom. The second kappa shape index (κ2) is 7.62. The Labute approximate surface area is 138 Å². The summed E-state index contributed by atoms with van der Waals surface area (Å²) in [5, 5.41) is 3.04. The minimum absolute atomic E-state index is 0.0871. The van der Waals surface area contributed by atoms with Crippen molar-refractivity contribution in [1.82, 2.24) is 0 Å². The summed E-state index contributed by atoms with van der Waals surface area (Å²) in [5.41, 5.74) is 6.83. The van der Waals surface area contributed by atoms with Crippen molar-refractivity contribution >= 4 is 17.5 Å². The van der Waals surface area contributed by atoms with E-state index in [4.69, 9.17) is 5.73 Å². The fraction of sp³-hybridized carbons (Fsp3) is 0.579. The summed E-state index contributed by atoms with van der Waals surface area (Å²) in [6.07, 6.45) is 3.54. The van der Waals surface area contributed by atoms with Gasteiger partial charge in [0, 0.05) is 11.6 Å². The maximum Gasteiger partial charge on any atom is 0.227 e.